The molecule has 0 aliphatic rings. The smallest absolute Gasteiger partial charge is 0.224 e. The third kappa shape index (κ3) is 6.16. The normalized spacial score (nSPS) is 11.1. The third-order valence-electron chi connectivity index (χ3n) is 6.00. The lowest BCUT2D eigenvalue weighted by Gasteiger charge is -2.06. The lowest BCUT2D eigenvalue weighted by atomic mass is 10.1. The zero-order valence-electron chi connectivity index (χ0n) is 20.1. The van der Waals surface area contributed by atoms with Gasteiger partial charge in [0.05, 0.1) is 17.6 Å². The molecule has 0 saturated carbocycles. The van der Waals surface area contributed by atoms with Crippen molar-refractivity contribution >= 4 is 22.6 Å². The van der Waals surface area contributed by atoms with Gasteiger partial charge < -0.3 is 9.73 Å². The summed E-state index contributed by atoms with van der Waals surface area (Å²) in [6.45, 7) is 0.475. The number of benzene rings is 3. The fourth-order valence-corrected chi connectivity index (χ4v) is 4.11. The molecule has 5 rings (SSSR count). The highest BCUT2D eigenvalue weighted by Gasteiger charge is 2.09. The van der Waals surface area contributed by atoms with Gasteiger partial charge in [0.15, 0.2) is 5.43 Å². The quantitative estimate of drug-likeness (QED) is 0.269. The summed E-state index contributed by atoms with van der Waals surface area (Å²) in [5.74, 6) is 0.0985. The number of aryl methyl sites for hydroxylation is 1. The molecule has 2 aromatic heterocycles. The predicted octanol–water partition coefficient (Wildman–Crippen LogP) is 5.59. The molecule has 0 bridgehead atoms. The second-order valence-corrected chi connectivity index (χ2v) is 8.84. The maximum absolute atomic E-state index is 13.0. The van der Waals surface area contributed by atoms with Gasteiger partial charge in [0.1, 0.15) is 17.2 Å². The van der Waals surface area contributed by atoms with Crippen LogP contribution in [0.25, 0.3) is 22.3 Å². The van der Waals surface area contributed by atoms with Crippen LogP contribution in [0.2, 0.25) is 0 Å². The highest BCUT2D eigenvalue weighted by atomic mass is 19.1. The second-order valence-electron chi connectivity index (χ2n) is 8.84. The monoisotopic (exact) mass is 496 g/mol. The Bertz CT molecular complexity index is 1580. The Hall–Kier alpha value is -4.59. The summed E-state index contributed by atoms with van der Waals surface area (Å²) in [5.41, 5.74) is 3.64. The van der Waals surface area contributed by atoms with Crippen LogP contribution in [0.4, 0.5) is 10.1 Å². The molecule has 0 atom stereocenters. The first kappa shape index (κ1) is 24.1. The van der Waals surface area contributed by atoms with E-state index in [-0.39, 0.29) is 17.2 Å². The van der Waals surface area contributed by atoms with Crippen molar-refractivity contribution in [1.29, 1.82) is 0 Å². The Morgan fingerprint density at radius 3 is 2.59 bits per heavy atom. The number of rotatable bonds is 9. The van der Waals surface area contributed by atoms with E-state index in [1.54, 1.807) is 4.68 Å². The van der Waals surface area contributed by atoms with E-state index in [2.05, 4.69) is 15.6 Å². The molecule has 0 aliphatic heterocycles. The number of aromatic nitrogens is 3. The minimum Gasteiger partial charge on any atom is -0.456 e. The van der Waals surface area contributed by atoms with Crippen molar-refractivity contribution in [1.82, 2.24) is 15.0 Å². The molecule has 5 aromatic rings. The molecule has 2 heterocycles. The van der Waals surface area contributed by atoms with Crippen LogP contribution in [0.1, 0.15) is 30.5 Å². The largest absolute Gasteiger partial charge is 0.456 e. The van der Waals surface area contributed by atoms with E-state index in [1.165, 1.54) is 30.3 Å². The molecule has 0 fully saturated rings. The number of anilines is 1. The van der Waals surface area contributed by atoms with E-state index in [4.69, 9.17) is 4.42 Å². The van der Waals surface area contributed by atoms with Gasteiger partial charge >= 0.3 is 0 Å². The first-order valence-corrected chi connectivity index (χ1v) is 12.1. The summed E-state index contributed by atoms with van der Waals surface area (Å²) in [4.78, 5) is 24.8. The van der Waals surface area contributed by atoms with Gasteiger partial charge in [0.2, 0.25) is 5.91 Å². The Labute approximate surface area is 212 Å². The minimum atomic E-state index is -0.338. The number of hydrogen-bond donors (Lipinski definition) is 1. The number of carbonyl (C=O) groups is 1. The topological polar surface area (TPSA) is 90.0 Å². The molecule has 8 heteroatoms. The van der Waals surface area contributed by atoms with Gasteiger partial charge in [-0.1, -0.05) is 41.6 Å². The molecule has 0 radical (unpaired) electrons. The highest BCUT2D eigenvalue weighted by molar-refractivity contribution is 5.90. The zero-order valence-corrected chi connectivity index (χ0v) is 20.1. The molecule has 1 N–H and O–H groups in total. The Kier molecular flexibility index (Phi) is 7.16. The summed E-state index contributed by atoms with van der Waals surface area (Å²) in [6.07, 6.45) is 4.44. The molecule has 3 aromatic carbocycles. The van der Waals surface area contributed by atoms with Crippen LogP contribution in [0.15, 0.2) is 94.3 Å². The van der Waals surface area contributed by atoms with Crippen LogP contribution in [-0.4, -0.2) is 20.9 Å². The molecule has 0 unspecified atom stereocenters. The van der Waals surface area contributed by atoms with Gasteiger partial charge in [-0.15, -0.1) is 5.10 Å². The van der Waals surface area contributed by atoms with Gasteiger partial charge in [-0.3, -0.25) is 9.59 Å². The van der Waals surface area contributed by atoms with Crippen molar-refractivity contribution in [2.75, 3.05) is 5.32 Å². The number of unbranched alkanes of at least 4 members (excludes halogenated alkanes) is 1. The number of fused-ring (bicyclic) bond motifs is 1. The van der Waals surface area contributed by atoms with E-state index >= 15 is 0 Å². The van der Waals surface area contributed by atoms with Crippen molar-refractivity contribution in [2.45, 2.75) is 32.2 Å². The molecule has 0 aliphatic carbocycles. The number of nitrogens with zero attached hydrogens (tertiary/aromatic N) is 3. The summed E-state index contributed by atoms with van der Waals surface area (Å²) in [6, 6.07) is 22.3. The van der Waals surface area contributed by atoms with E-state index in [0.29, 0.717) is 48.2 Å². The van der Waals surface area contributed by atoms with Crippen LogP contribution in [0.3, 0.4) is 0 Å². The van der Waals surface area contributed by atoms with Crippen LogP contribution in [-0.2, 0) is 17.8 Å². The van der Waals surface area contributed by atoms with Crippen molar-refractivity contribution in [3.8, 4) is 11.3 Å². The number of nitrogens with one attached hydrogen (secondary N) is 1. The Morgan fingerprint density at radius 1 is 0.973 bits per heavy atom. The maximum atomic E-state index is 13.0. The second kappa shape index (κ2) is 11.0. The van der Waals surface area contributed by atoms with Crippen LogP contribution in [0, 0.1) is 5.82 Å². The fourth-order valence-electron chi connectivity index (χ4n) is 4.11. The van der Waals surface area contributed by atoms with E-state index in [1.807, 2.05) is 54.7 Å². The third-order valence-corrected chi connectivity index (χ3v) is 6.00. The molecule has 1 amide bonds. The predicted molar refractivity (Wildman–Crippen MR) is 140 cm³/mol. The van der Waals surface area contributed by atoms with E-state index in [9.17, 15) is 14.0 Å². The van der Waals surface area contributed by atoms with Crippen molar-refractivity contribution in [3.05, 3.63) is 112 Å². The number of hydrogen-bond acceptors (Lipinski definition) is 5. The Morgan fingerprint density at radius 2 is 1.78 bits per heavy atom. The molecule has 37 heavy (non-hydrogen) atoms. The van der Waals surface area contributed by atoms with Crippen molar-refractivity contribution in [3.63, 3.8) is 0 Å². The molecule has 0 spiro atoms. The van der Waals surface area contributed by atoms with Crippen LogP contribution in [0.5, 0.6) is 0 Å². The van der Waals surface area contributed by atoms with Gasteiger partial charge in [-0.2, -0.15) is 0 Å². The minimum absolute atomic E-state index is 0.0929. The van der Waals surface area contributed by atoms with Crippen molar-refractivity contribution in [2.24, 2.45) is 0 Å². The van der Waals surface area contributed by atoms with Gasteiger partial charge in [0, 0.05) is 29.9 Å². The Balaban J connectivity index is 1.15. The molecular formula is C29H25FN4O3. The standard InChI is InChI=1S/C29H25FN4O3/c30-22-11-13-23(14-12-22)31-29(36)9-5-4-8-24-19-34(33-32-24)18-20-10-15-27-25(16-20)26(35)17-28(37-27)21-6-2-1-3-7-21/h1-3,6-7,10-17,19H,4-5,8-9,18H2,(H,31,36). The zero-order chi connectivity index (χ0) is 25.6. The number of halogens is 1. The molecular weight excluding hydrogens is 471 g/mol. The summed E-state index contributed by atoms with van der Waals surface area (Å²) >= 11 is 0. The summed E-state index contributed by atoms with van der Waals surface area (Å²) in [7, 11) is 0. The summed E-state index contributed by atoms with van der Waals surface area (Å²) < 4.78 is 20.7. The van der Waals surface area contributed by atoms with Gasteiger partial charge in [-0.05, 0) is 61.2 Å². The van der Waals surface area contributed by atoms with Gasteiger partial charge in [0.25, 0.3) is 0 Å². The first-order valence-electron chi connectivity index (χ1n) is 12.1. The molecule has 0 saturated heterocycles. The molecule has 7 nitrogen and oxygen atoms in total. The van der Waals surface area contributed by atoms with Crippen molar-refractivity contribution < 1.29 is 13.6 Å². The lowest BCUT2D eigenvalue weighted by molar-refractivity contribution is -0.116. The van der Waals surface area contributed by atoms with Crippen LogP contribution < -0.4 is 10.7 Å². The fraction of sp³-hybridized carbons (Fsp3) is 0.172. The average Bonchev–Trinajstić information content (AvgIpc) is 3.36. The average molecular weight is 497 g/mol. The van der Waals surface area contributed by atoms with Gasteiger partial charge in [-0.25, -0.2) is 9.07 Å². The van der Waals surface area contributed by atoms with E-state index in [0.717, 1.165) is 23.2 Å². The first-order chi connectivity index (χ1) is 18.0. The number of carbonyl (C=O) groups excluding carboxylic acids is 1. The van der Waals surface area contributed by atoms with Crippen LogP contribution >= 0.6 is 0 Å². The number of amides is 1. The maximum Gasteiger partial charge on any atom is 0.224 e. The van der Waals surface area contributed by atoms with E-state index < -0.39 is 0 Å². The molecule has 186 valence electrons. The lowest BCUT2D eigenvalue weighted by Crippen LogP contribution is -2.11. The SMILES string of the molecule is O=C(CCCCc1cn(Cc2ccc3oc(-c4ccccc4)cc(=O)c3c2)nn1)Nc1ccc(F)cc1. The summed E-state index contributed by atoms with van der Waals surface area (Å²) in [5, 5.41) is 11.7. The highest BCUT2D eigenvalue weighted by Crippen LogP contribution is 2.22.